The van der Waals surface area contributed by atoms with E-state index in [4.69, 9.17) is 11.1 Å². The Kier molecular flexibility index (Phi) is 4.35. The number of nitrogens with one attached hydrogen (secondary N) is 1. The first-order valence-electron chi connectivity index (χ1n) is 5.93. The minimum absolute atomic E-state index is 0.179. The number of thiazole rings is 1. The van der Waals surface area contributed by atoms with Gasteiger partial charge >= 0.3 is 0 Å². The molecule has 0 aliphatic heterocycles. The highest BCUT2D eigenvalue weighted by molar-refractivity contribution is 7.13. The lowest BCUT2D eigenvalue weighted by molar-refractivity contribution is 1.08. The standard InChI is InChI=1S/C13H15N5S/c1-2-11(14)10(8-18-13-16-5-6-19-13)9-3-4-12(15)17-7-9/h3-8,10,14H,2H2,1H3,(H2,15,17). The van der Waals surface area contributed by atoms with Crippen LogP contribution in [-0.2, 0) is 0 Å². The second-order valence-electron chi connectivity index (χ2n) is 3.97. The molecular formula is C13H15N5S. The van der Waals surface area contributed by atoms with Crippen molar-refractivity contribution in [3.8, 4) is 0 Å². The van der Waals surface area contributed by atoms with Crippen molar-refractivity contribution in [2.45, 2.75) is 19.3 Å². The van der Waals surface area contributed by atoms with Gasteiger partial charge in [0.25, 0.3) is 0 Å². The third kappa shape index (κ3) is 3.45. The Balaban J connectivity index is 2.26. The molecule has 5 nitrogen and oxygen atoms in total. The normalized spacial score (nSPS) is 12.7. The smallest absolute Gasteiger partial charge is 0.208 e. The van der Waals surface area contributed by atoms with E-state index in [2.05, 4.69) is 15.0 Å². The van der Waals surface area contributed by atoms with E-state index in [1.54, 1.807) is 24.7 Å². The maximum absolute atomic E-state index is 8.05. The van der Waals surface area contributed by atoms with Gasteiger partial charge in [0.05, 0.1) is 5.92 Å². The molecule has 2 aromatic heterocycles. The van der Waals surface area contributed by atoms with E-state index in [0.717, 1.165) is 5.56 Å². The van der Waals surface area contributed by atoms with Crippen LogP contribution in [0.3, 0.4) is 0 Å². The molecule has 3 N–H and O–H groups in total. The highest BCUT2D eigenvalue weighted by atomic mass is 32.1. The molecule has 2 rings (SSSR count). The van der Waals surface area contributed by atoms with E-state index < -0.39 is 0 Å². The van der Waals surface area contributed by atoms with Crippen LogP contribution >= 0.6 is 11.3 Å². The largest absolute Gasteiger partial charge is 0.384 e. The van der Waals surface area contributed by atoms with E-state index in [0.29, 0.717) is 23.1 Å². The number of anilines is 1. The molecule has 0 amide bonds. The van der Waals surface area contributed by atoms with Crippen LogP contribution in [0.15, 0.2) is 34.9 Å². The summed E-state index contributed by atoms with van der Waals surface area (Å²) in [6.45, 7) is 1.96. The summed E-state index contributed by atoms with van der Waals surface area (Å²) >= 11 is 1.47. The summed E-state index contributed by atoms with van der Waals surface area (Å²) in [5.41, 5.74) is 7.09. The van der Waals surface area contributed by atoms with Crippen molar-refractivity contribution < 1.29 is 0 Å². The SMILES string of the molecule is CCC(=N)C(C=Nc1nccs1)c1ccc(N)nc1. The number of nitrogens with zero attached hydrogens (tertiary/aromatic N) is 3. The maximum Gasteiger partial charge on any atom is 0.208 e. The van der Waals surface area contributed by atoms with Gasteiger partial charge in [-0.3, -0.25) is 0 Å². The van der Waals surface area contributed by atoms with Crippen molar-refractivity contribution in [1.82, 2.24) is 9.97 Å². The Morgan fingerprint density at radius 3 is 2.95 bits per heavy atom. The van der Waals surface area contributed by atoms with Gasteiger partial charge in [-0.15, -0.1) is 11.3 Å². The Morgan fingerprint density at radius 2 is 2.37 bits per heavy atom. The van der Waals surface area contributed by atoms with Crippen molar-refractivity contribution >= 4 is 34.2 Å². The quantitative estimate of drug-likeness (QED) is 0.821. The Bertz CT molecular complexity index is 559. The lowest BCUT2D eigenvalue weighted by atomic mass is 9.95. The number of nitrogen functional groups attached to an aromatic ring is 1. The molecule has 0 radical (unpaired) electrons. The molecule has 1 atom stereocenters. The Hall–Kier alpha value is -2.08. The van der Waals surface area contributed by atoms with Crippen LogP contribution in [0, 0.1) is 5.41 Å². The average Bonchev–Trinajstić information content (AvgIpc) is 2.93. The fourth-order valence-electron chi connectivity index (χ4n) is 1.62. The second-order valence-corrected chi connectivity index (χ2v) is 4.84. The van der Waals surface area contributed by atoms with Gasteiger partial charge in [0.15, 0.2) is 0 Å². The maximum atomic E-state index is 8.05. The van der Waals surface area contributed by atoms with Gasteiger partial charge in [0.2, 0.25) is 5.13 Å². The van der Waals surface area contributed by atoms with Crippen LogP contribution in [0.1, 0.15) is 24.8 Å². The predicted octanol–water partition coefficient (Wildman–Crippen LogP) is 3.04. The van der Waals surface area contributed by atoms with Crippen LogP contribution in [-0.4, -0.2) is 21.9 Å². The van der Waals surface area contributed by atoms with Gasteiger partial charge in [-0.2, -0.15) is 0 Å². The lowest BCUT2D eigenvalue weighted by Crippen LogP contribution is -2.12. The molecule has 19 heavy (non-hydrogen) atoms. The molecule has 2 heterocycles. The molecule has 0 aliphatic rings. The molecule has 1 unspecified atom stereocenters. The summed E-state index contributed by atoms with van der Waals surface area (Å²) in [7, 11) is 0. The first-order valence-corrected chi connectivity index (χ1v) is 6.81. The summed E-state index contributed by atoms with van der Waals surface area (Å²) in [5.74, 6) is 0.296. The number of hydrogen-bond donors (Lipinski definition) is 2. The van der Waals surface area contributed by atoms with Crippen LogP contribution in [0.25, 0.3) is 0 Å². The predicted molar refractivity (Wildman–Crippen MR) is 79.7 cm³/mol. The van der Waals surface area contributed by atoms with Crippen molar-refractivity contribution in [3.05, 3.63) is 35.5 Å². The van der Waals surface area contributed by atoms with E-state index in [9.17, 15) is 0 Å². The molecule has 6 heteroatoms. The molecule has 0 aromatic carbocycles. The van der Waals surface area contributed by atoms with Crippen LogP contribution in [0.4, 0.5) is 10.9 Å². The third-order valence-electron chi connectivity index (χ3n) is 2.68. The molecule has 0 fully saturated rings. The molecule has 0 bridgehead atoms. The Morgan fingerprint density at radius 1 is 1.53 bits per heavy atom. The van der Waals surface area contributed by atoms with Crippen LogP contribution in [0.5, 0.6) is 0 Å². The van der Waals surface area contributed by atoms with Gasteiger partial charge in [-0.05, 0) is 18.1 Å². The highest BCUT2D eigenvalue weighted by Crippen LogP contribution is 2.20. The highest BCUT2D eigenvalue weighted by Gasteiger charge is 2.14. The topological polar surface area (TPSA) is 88.0 Å². The molecule has 0 spiro atoms. The minimum Gasteiger partial charge on any atom is -0.384 e. The number of nitrogens with two attached hydrogens (primary N) is 1. The van der Waals surface area contributed by atoms with Crippen LogP contribution in [0.2, 0.25) is 0 Å². The first kappa shape index (κ1) is 13.4. The molecule has 0 aliphatic carbocycles. The molecule has 0 saturated heterocycles. The van der Waals surface area contributed by atoms with Crippen molar-refractivity contribution in [3.63, 3.8) is 0 Å². The average molecular weight is 273 g/mol. The number of aliphatic imine (C=N–C) groups is 1. The van der Waals surface area contributed by atoms with Crippen molar-refractivity contribution in [2.75, 3.05) is 5.73 Å². The van der Waals surface area contributed by atoms with Gasteiger partial charge < -0.3 is 11.1 Å². The summed E-state index contributed by atoms with van der Waals surface area (Å²) in [5, 5.41) is 10.6. The van der Waals surface area contributed by atoms with Crippen molar-refractivity contribution in [2.24, 2.45) is 4.99 Å². The molecule has 2 aromatic rings. The van der Waals surface area contributed by atoms with Crippen LogP contribution < -0.4 is 5.73 Å². The zero-order chi connectivity index (χ0) is 13.7. The summed E-state index contributed by atoms with van der Waals surface area (Å²) in [6, 6.07) is 3.62. The summed E-state index contributed by atoms with van der Waals surface area (Å²) < 4.78 is 0. The monoisotopic (exact) mass is 273 g/mol. The molecule has 98 valence electrons. The van der Waals surface area contributed by atoms with Gasteiger partial charge in [-0.1, -0.05) is 13.0 Å². The molecular weight excluding hydrogens is 258 g/mol. The summed E-state index contributed by atoms with van der Waals surface area (Å²) in [4.78, 5) is 12.5. The minimum atomic E-state index is -0.179. The third-order valence-corrected chi connectivity index (χ3v) is 3.36. The fraction of sp³-hybridized carbons (Fsp3) is 0.231. The van der Waals surface area contributed by atoms with E-state index in [1.807, 2.05) is 18.4 Å². The number of rotatable bonds is 5. The lowest BCUT2D eigenvalue weighted by Gasteiger charge is -2.12. The zero-order valence-electron chi connectivity index (χ0n) is 10.6. The number of aromatic nitrogens is 2. The van der Waals surface area contributed by atoms with Gasteiger partial charge in [0, 0.05) is 29.7 Å². The summed E-state index contributed by atoms with van der Waals surface area (Å²) in [6.07, 6.45) is 5.82. The zero-order valence-corrected chi connectivity index (χ0v) is 11.4. The van der Waals surface area contributed by atoms with Crippen molar-refractivity contribution in [1.29, 1.82) is 5.41 Å². The number of pyridine rings is 1. The van der Waals surface area contributed by atoms with E-state index >= 15 is 0 Å². The van der Waals surface area contributed by atoms with E-state index in [1.165, 1.54) is 11.3 Å². The van der Waals surface area contributed by atoms with Gasteiger partial charge in [-0.25, -0.2) is 15.0 Å². The first-order chi connectivity index (χ1) is 9.20. The van der Waals surface area contributed by atoms with E-state index in [-0.39, 0.29) is 5.92 Å². The molecule has 0 saturated carbocycles. The van der Waals surface area contributed by atoms with Gasteiger partial charge in [0.1, 0.15) is 5.82 Å². The fourth-order valence-corrected chi connectivity index (χ4v) is 2.10. The number of hydrogen-bond acceptors (Lipinski definition) is 6. The second kappa shape index (κ2) is 6.19. The Labute approximate surface area is 115 Å².